The number of carbonyl (C=O) groups is 1. The smallest absolute Gasteiger partial charge is 0.317 e. The lowest BCUT2D eigenvalue weighted by Crippen LogP contribution is -2.30. The highest BCUT2D eigenvalue weighted by Crippen LogP contribution is 2.47. The Hall–Kier alpha value is -0.610. The van der Waals surface area contributed by atoms with Gasteiger partial charge in [-0.05, 0) is 43.6 Å². The minimum atomic E-state index is -0.733. The summed E-state index contributed by atoms with van der Waals surface area (Å²) in [6, 6.07) is 0. The highest BCUT2D eigenvalue weighted by Gasteiger charge is 2.43. The molecule has 2 aliphatic rings. The molecule has 0 bridgehead atoms. The van der Waals surface area contributed by atoms with Gasteiger partial charge in [0.2, 0.25) is 0 Å². The molecule has 0 aromatic heterocycles. The lowest BCUT2D eigenvalue weighted by Gasteiger charge is -2.23. The molecule has 1 aliphatic heterocycles. The number of likely N-dealkylation sites (tertiary alicyclic amines) is 1. The first-order valence-electron chi connectivity index (χ1n) is 5.69. The summed E-state index contributed by atoms with van der Waals surface area (Å²) in [6.45, 7) is 2.28. The van der Waals surface area contributed by atoms with Gasteiger partial charge in [-0.2, -0.15) is 0 Å². The topological polar surface area (TPSA) is 60.8 Å². The van der Waals surface area contributed by atoms with E-state index in [2.05, 4.69) is 0 Å². The van der Waals surface area contributed by atoms with Crippen LogP contribution in [0.15, 0.2) is 0 Å². The number of aliphatic hydroxyl groups excluding tert-OH is 1. The van der Waals surface area contributed by atoms with E-state index in [4.69, 9.17) is 10.2 Å². The summed E-state index contributed by atoms with van der Waals surface area (Å²) in [5.41, 5.74) is 0.322. The zero-order valence-electron chi connectivity index (χ0n) is 8.98. The number of rotatable bonds is 3. The Bertz CT molecular complexity index is 256. The minimum absolute atomic E-state index is 0.172. The second kappa shape index (κ2) is 4.10. The molecule has 1 aliphatic carbocycles. The number of aliphatic hydroxyl groups is 1. The molecule has 0 aromatic rings. The quantitative estimate of drug-likeness (QED) is 0.719. The number of carboxylic acid groups (broad SMARTS) is 1. The molecule has 2 rings (SSSR count). The van der Waals surface area contributed by atoms with Gasteiger partial charge < -0.3 is 10.2 Å². The lowest BCUT2D eigenvalue weighted by molar-refractivity contribution is -0.138. The molecule has 2 fully saturated rings. The summed E-state index contributed by atoms with van der Waals surface area (Å²) >= 11 is 0. The summed E-state index contributed by atoms with van der Waals surface area (Å²) in [5, 5.41) is 17.8. The second-order valence-corrected chi connectivity index (χ2v) is 5.15. The number of carboxylic acids is 1. The van der Waals surface area contributed by atoms with Crippen LogP contribution in [-0.4, -0.2) is 47.3 Å². The van der Waals surface area contributed by atoms with Crippen LogP contribution in [0.2, 0.25) is 0 Å². The van der Waals surface area contributed by atoms with E-state index in [1.807, 2.05) is 4.90 Å². The van der Waals surface area contributed by atoms with Crippen LogP contribution in [0.4, 0.5) is 0 Å². The average molecular weight is 213 g/mol. The normalized spacial score (nSPS) is 36.5. The van der Waals surface area contributed by atoms with Gasteiger partial charge in [-0.1, -0.05) is 0 Å². The summed E-state index contributed by atoms with van der Waals surface area (Å²) in [7, 11) is 0. The molecular formula is C11H19NO3. The van der Waals surface area contributed by atoms with Gasteiger partial charge in [-0.3, -0.25) is 9.69 Å². The Labute approximate surface area is 89.9 Å². The predicted octanol–water partition coefficient (Wildman–Crippen LogP) is 0.555. The summed E-state index contributed by atoms with van der Waals surface area (Å²) in [6.07, 6.45) is 4.46. The first-order chi connectivity index (χ1) is 7.13. The Morgan fingerprint density at radius 3 is 2.87 bits per heavy atom. The monoisotopic (exact) mass is 213 g/mol. The zero-order valence-corrected chi connectivity index (χ0v) is 8.98. The van der Waals surface area contributed by atoms with Crippen LogP contribution in [0, 0.1) is 11.3 Å². The van der Waals surface area contributed by atoms with E-state index < -0.39 is 5.97 Å². The van der Waals surface area contributed by atoms with E-state index in [1.165, 1.54) is 0 Å². The maximum Gasteiger partial charge on any atom is 0.317 e. The first kappa shape index (κ1) is 10.9. The molecule has 1 spiro atoms. The standard InChI is InChI=1S/C11H19NO3/c13-7-9-1-2-11(5-9)3-4-12(8-11)6-10(14)15/h9,13H,1-8H2,(H,14,15)/t9-,11+/m1/s1. The van der Waals surface area contributed by atoms with Crippen LogP contribution < -0.4 is 0 Å². The van der Waals surface area contributed by atoms with E-state index in [1.54, 1.807) is 0 Å². The fraction of sp³-hybridized carbons (Fsp3) is 0.909. The van der Waals surface area contributed by atoms with E-state index in [9.17, 15) is 4.79 Å². The van der Waals surface area contributed by atoms with E-state index >= 15 is 0 Å². The van der Waals surface area contributed by atoms with Crippen molar-refractivity contribution in [2.75, 3.05) is 26.2 Å². The van der Waals surface area contributed by atoms with Crippen LogP contribution in [0.5, 0.6) is 0 Å². The Kier molecular flexibility index (Phi) is 2.98. The van der Waals surface area contributed by atoms with Crippen molar-refractivity contribution in [3.05, 3.63) is 0 Å². The molecule has 1 saturated carbocycles. The maximum atomic E-state index is 10.6. The molecule has 2 N–H and O–H groups in total. The molecule has 0 radical (unpaired) electrons. The molecular weight excluding hydrogens is 194 g/mol. The number of hydrogen-bond donors (Lipinski definition) is 2. The van der Waals surface area contributed by atoms with Crippen molar-refractivity contribution in [1.82, 2.24) is 4.90 Å². The molecule has 4 heteroatoms. The van der Waals surface area contributed by atoms with Gasteiger partial charge in [-0.15, -0.1) is 0 Å². The fourth-order valence-electron chi connectivity index (χ4n) is 3.21. The summed E-state index contributed by atoms with van der Waals surface area (Å²) in [4.78, 5) is 12.6. The van der Waals surface area contributed by atoms with Gasteiger partial charge in [0.1, 0.15) is 0 Å². The third-order valence-corrected chi connectivity index (χ3v) is 3.94. The third-order valence-electron chi connectivity index (χ3n) is 3.94. The number of hydrogen-bond acceptors (Lipinski definition) is 3. The number of nitrogens with zero attached hydrogens (tertiary/aromatic N) is 1. The highest BCUT2D eigenvalue weighted by atomic mass is 16.4. The Morgan fingerprint density at radius 2 is 2.27 bits per heavy atom. The van der Waals surface area contributed by atoms with Gasteiger partial charge in [0.05, 0.1) is 6.54 Å². The maximum absolute atomic E-state index is 10.6. The van der Waals surface area contributed by atoms with Crippen molar-refractivity contribution in [2.45, 2.75) is 25.7 Å². The van der Waals surface area contributed by atoms with Crippen LogP contribution in [0.1, 0.15) is 25.7 Å². The van der Waals surface area contributed by atoms with Gasteiger partial charge in [0.15, 0.2) is 0 Å². The molecule has 1 saturated heterocycles. The zero-order chi connectivity index (χ0) is 10.9. The van der Waals surface area contributed by atoms with E-state index in [0.29, 0.717) is 17.9 Å². The molecule has 1 heterocycles. The summed E-state index contributed by atoms with van der Waals surface area (Å²) in [5.74, 6) is -0.279. The van der Waals surface area contributed by atoms with Crippen molar-refractivity contribution in [3.8, 4) is 0 Å². The van der Waals surface area contributed by atoms with Crippen LogP contribution >= 0.6 is 0 Å². The first-order valence-corrected chi connectivity index (χ1v) is 5.69. The molecule has 2 atom stereocenters. The van der Waals surface area contributed by atoms with Gasteiger partial charge in [0, 0.05) is 13.2 Å². The van der Waals surface area contributed by atoms with Gasteiger partial charge in [-0.25, -0.2) is 0 Å². The van der Waals surface area contributed by atoms with Crippen molar-refractivity contribution in [3.63, 3.8) is 0 Å². The number of aliphatic carboxylic acids is 1. The largest absolute Gasteiger partial charge is 0.480 e. The van der Waals surface area contributed by atoms with Crippen molar-refractivity contribution in [1.29, 1.82) is 0 Å². The Balaban J connectivity index is 1.89. The van der Waals surface area contributed by atoms with Crippen LogP contribution in [-0.2, 0) is 4.79 Å². The molecule has 0 amide bonds. The van der Waals surface area contributed by atoms with E-state index in [-0.39, 0.29) is 6.54 Å². The fourth-order valence-corrected chi connectivity index (χ4v) is 3.21. The molecule has 0 unspecified atom stereocenters. The van der Waals surface area contributed by atoms with E-state index in [0.717, 1.165) is 38.8 Å². The average Bonchev–Trinajstić information content (AvgIpc) is 2.74. The highest BCUT2D eigenvalue weighted by molar-refractivity contribution is 5.69. The predicted molar refractivity (Wildman–Crippen MR) is 55.6 cm³/mol. The second-order valence-electron chi connectivity index (χ2n) is 5.15. The SMILES string of the molecule is O=C(O)CN1CC[C@]2(CC[C@@H](CO)C2)C1. The van der Waals surface area contributed by atoms with Crippen molar-refractivity contribution < 1.29 is 15.0 Å². The third kappa shape index (κ3) is 2.32. The summed E-state index contributed by atoms with van der Waals surface area (Å²) < 4.78 is 0. The Morgan fingerprint density at radius 1 is 1.47 bits per heavy atom. The van der Waals surface area contributed by atoms with Gasteiger partial charge in [0.25, 0.3) is 0 Å². The van der Waals surface area contributed by atoms with Crippen molar-refractivity contribution in [2.24, 2.45) is 11.3 Å². The van der Waals surface area contributed by atoms with Gasteiger partial charge >= 0.3 is 5.97 Å². The van der Waals surface area contributed by atoms with Crippen molar-refractivity contribution >= 4 is 5.97 Å². The van der Waals surface area contributed by atoms with Crippen LogP contribution in [0.25, 0.3) is 0 Å². The minimum Gasteiger partial charge on any atom is -0.480 e. The lowest BCUT2D eigenvalue weighted by atomic mass is 9.84. The molecule has 0 aromatic carbocycles. The molecule has 4 nitrogen and oxygen atoms in total. The molecule has 86 valence electrons. The van der Waals surface area contributed by atoms with Crippen LogP contribution in [0.3, 0.4) is 0 Å². The molecule has 15 heavy (non-hydrogen) atoms.